The van der Waals surface area contributed by atoms with Crippen molar-refractivity contribution in [3.05, 3.63) is 142 Å². The standard InChI is InChI=1S/C37H38BN3O5/c1-44-34-24-18-31(19-25-34)37-39-41(27-29-13-7-3-8-14-29)35(26-17-28-11-5-2-6-12-28)36(30-15-9-4-10-16-30)45-38(41,46-37)32-20-22-33(23-21-32)40(42)43/h2,4-6,9-12,15-26,29,35-36H,3,7-8,13-14,27H2,1H3/b26-17+/t35-,36+,38?,41+/m0/s1. The average molecular weight is 616 g/mol. The number of non-ortho nitro benzene ring substituents is 1. The quantitative estimate of drug-likeness (QED) is 0.111. The summed E-state index contributed by atoms with van der Waals surface area (Å²) in [6.07, 6.45) is 9.88. The van der Waals surface area contributed by atoms with Crippen molar-refractivity contribution in [1.82, 2.24) is 0 Å². The topological polar surface area (TPSA) is 83.2 Å². The van der Waals surface area contributed by atoms with Gasteiger partial charge in [-0.25, -0.2) is 0 Å². The van der Waals surface area contributed by atoms with Crippen molar-refractivity contribution in [2.24, 2.45) is 11.0 Å². The van der Waals surface area contributed by atoms with Crippen LogP contribution in [-0.4, -0.2) is 41.7 Å². The van der Waals surface area contributed by atoms with Crippen LogP contribution < -0.4 is 10.2 Å². The van der Waals surface area contributed by atoms with Crippen LogP contribution in [-0.2, 0) is 9.31 Å². The van der Waals surface area contributed by atoms with Gasteiger partial charge in [0.1, 0.15) is 17.9 Å². The lowest BCUT2D eigenvalue weighted by molar-refractivity contribution is -0.858. The molecule has 4 aromatic carbocycles. The Kier molecular flexibility index (Phi) is 8.19. The molecule has 2 heterocycles. The molecule has 0 bridgehead atoms. The Hall–Kier alpha value is -4.73. The first-order chi connectivity index (χ1) is 22.5. The summed E-state index contributed by atoms with van der Waals surface area (Å²) in [5.41, 5.74) is 3.72. The molecule has 1 saturated heterocycles. The number of hydrogen-bond donors (Lipinski definition) is 0. The van der Waals surface area contributed by atoms with Crippen LogP contribution in [0.2, 0.25) is 0 Å². The molecule has 0 radical (unpaired) electrons. The molecule has 234 valence electrons. The van der Waals surface area contributed by atoms with Gasteiger partial charge in [-0.05, 0) is 54.3 Å². The number of ether oxygens (including phenoxy) is 1. The number of hydrogen-bond acceptors (Lipinski definition) is 6. The van der Waals surface area contributed by atoms with Crippen molar-refractivity contribution in [2.75, 3.05) is 13.7 Å². The van der Waals surface area contributed by atoms with Crippen molar-refractivity contribution in [1.29, 1.82) is 0 Å². The second-order valence-corrected chi connectivity index (χ2v) is 12.6. The fourth-order valence-corrected chi connectivity index (χ4v) is 7.58. The number of fused-ring (bicyclic) bond motifs is 1. The van der Waals surface area contributed by atoms with E-state index in [-0.39, 0.29) is 27.3 Å². The zero-order valence-corrected chi connectivity index (χ0v) is 26.0. The Balaban J connectivity index is 1.46. The molecule has 4 atom stereocenters. The van der Waals surface area contributed by atoms with Crippen LogP contribution in [0.4, 0.5) is 5.69 Å². The monoisotopic (exact) mass is 615 g/mol. The second-order valence-electron chi connectivity index (χ2n) is 12.6. The predicted octanol–water partition coefficient (Wildman–Crippen LogP) is 7.39. The third kappa shape index (κ3) is 5.39. The van der Waals surface area contributed by atoms with Crippen molar-refractivity contribution in [3.63, 3.8) is 0 Å². The summed E-state index contributed by atoms with van der Waals surface area (Å²) in [5.74, 6) is 1.66. The molecule has 9 heteroatoms. The summed E-state index contributed by atoms with van der Waals surface area (Å²) in [6.45, 7) is -1.63. The van der Waals surface area contributed by atoms with E-state index in [1.807, 2.05) is 60.7 Å². The van der Waals surface area contributed by atoms with Crippen LogP contribution in [0.15, 0.2) is 120 Å². The minimum atomic E-state index is -2.36. The summed E-state index contributed by atoms with van der Waals surface area (Å²) in [4.78, 5) is 11.3. The van der Waals surface area contributed by atoms with Gasteiger partial charge < -0.3 is 18.5 Å². The van der Waals surface area contributed by atoms with Crippen LogP contribution >= 0.6 is 0 Å². The van der Waals surface area contributed by atoms with E-state index in [4.69, 9.17) is 19.1 Å². The van der Waals surface area contributed by atoms with E-state index in [2.05, 4.69) is 36.4 Å². The van der Waals surface area contributed by atoms with Gasteiger partial charge in [0.05, 0.1) is 18.6 Å². The van der Waals surface area contributed by atoms with Gasteiger partial charge in [-0.1, -0.05) is 109 Å². The summed E-state index contributed by atoms with van der Waals surface area (Å²) >= 11 is 0. The fraction of sp³-hybridized carbons (Fsp3) is 0.270. The Morgan fingerprint density at radius 1 is 0.913 bits per heavy atom. The first-order valence-electron chi connectivity index (χ1n) is 16.2. The molecule has 0 N–H and O–H groups in total. The van der Waals surface area contributed by atoms with Gasteiger partial charge in [0, 0.05) is 23.6 Å². The maximum atomic E-state index is 11.7. The van der Waals surface area contributed by atoms with Gasteiger partial charge in [0.2, 0.25) is 5.90 Å². The van der Waals surface area contributed by atoms with Gasteiger partial charge in [0.15, 0.2) is 0 Å². The molecule has 1 aliphatic carbocycles. The Morgan fingerprint density at radius 3 is 2.24 bits per heavy atom. The predicted molar refractivity (Wildman–Crippen MR) is 180 cm³/mol. The highest BCUT2D eigenvalue weighted by Gasteiger charge is 2.70. The molecule has 4 aromatic rings. The summed E-state index contributed by atoms with van der Waals surface area (Å²) < 4.78 is 20.1. The van der Waals surface area contributed by atoms with Crippen LogP contribution in [0, 0.1) is 16.0 Å². The van der Waals surface area contributed by atoms with E-state index >= 15 is 0 Å². The lowest BCUT2D eigenvalue weighted by atomic mass is 9.60. The number of rotatable bonds is 9. The van der Waals surface area contributed by atoms with E-state index in [9.17, 15) is 10.1 Å². The van der Waals surface area contributed by atoms with E-state index in [0.29, 0.717) is 11.8 Å². The normalized spacial score (nSPS) is 26.0. The fourth-order valence-electron chi connectivity index (χ4n) is 7.58. The van der Waals surface area contributed by atoms with Crippen molar-refractivity contribution >= 4 is 29.8 Å². The molecular weight excluding hydrogens is 577 g/mol. The number of nitrogens with zero attached hydrogens (tertiary/aromatic N) is 3. The Morgan fingerprint density at radius 2 is 1.59 bits per heavy atom. The molecule has 0 amide bonds. The third-order valence-electron chi connectivity index (χ3n) is 9.85. The number of methoxy groups -OCH3 is 1. The smallest absolute Gasteiger partial charge is 0.583 e. The average Bonchev–Trinajstić information content (AvgIpc) is 3.57. The highest BCUT2D eigenvalue weighted by atomic mass is 16.7. The van der Waals surface area contributed by atoms with E-state index in [1.165, 1.54) is 19.3 Å². The molecule has 7 rings (SSSR count). The van der Waals surface area contributed by atoms with Crippen molar-refractivity contribution in [3.8, 4) is 5.75 Å². The zero-order valence-electron chi connectivity index (χ0n) is 26.0. The lowest BCUT2D eigenvalue weighted by Gasteiger charge is -2.47. The Bertz CT molecular complexity index is 1730. The van der Waals surface area contributed by atoms with E-state index in [1.54, 1.807) is 31.4 Å². The SMILES string of the molecule is COc1ccc(C2=N[N@+]3(CC4CCCCC4)[C@@H](/C=C/c4ccccc4)[C@@H](c4ccccc4)O[B-]3(c3ccc([N+](=O)[O-])cc3)O2)cc1. The molecule has 2 fully saturated rings. The van der Waals surface area contributed by atoms with Gasteiger partial charge in [-0.2, -0.15) is 0 Å². The molecule has 8 nitrogen and oxygen atoms in total. The summed E-state index contributed by atoms with van der Waals surface area (Å²) in [5, 5.41) is 17.3. The maximum Gasteiger partial charge on any atom is 0.583 e. The summed E-state index contributed by atoms with van der Waals surface area (Å²) in [6, 6.07) is 34.7. The first kappa shape index (κ1) is 30.0. The van der Waals surface area contributed by atoms with Crippen LogP contribution in [0.5, 0.6) is 5.75 Å². The van der Waals surface area contributed by atoms with Gasteiger partial charge >= 0.3 is 6.69 Å². The highest BCUT2D eigenvalue weighted by molar-refractivity contribution is 6.77. The summed E-state index contributed by atoms with van der Waals surface area (Å²) in [7, 11) is 1.65. The molecule has 3 aliphatic rings. The van der Waals surface area contributed by atoms with Crippen molar-refractivity contribution < 1.29 is 23.5 Å². The molecular formula is C37H38BN3O5. The molecule has 1 saturated carbocycles. The second kappa shape index (κ2) is 12.6. The largest absolute Gasteiger partial charge is 0.618 e. The van der Waals surface area contributed by atoms with E-state index in [0.717, 1.165) is 47.3 Å². The van der Waals surface area contributed by atoms with Crippen LogP contribution in [0.3, 0.4) is 0 Å². The van der Waals surface area contributed by atoms with Gasteiger partial charge in [-0.3, -0.25) is 10.1 Å². The molecule has 0 aromatic heterocycles. The van der Waals surface area contributed by atoms with Gasteiger partial charge in [0.25, 0.3) is 5.69 Å². The molecule has 1 unspecified atom stereocenters. The zero-order chi connectivity index (χ0) is 31.6. The highest BCUT2D eigenvalue weighted by Crippen LogP contribution is 2.51. The van der Waals surface area contributed by atoms with Crippen LogP contribution in [0.25, 0.3) is 6.08 Å². The van der Waals surface area contributed by atoms with E-state index < -0.39 is 6.69 Å². The first-order valence-corrected chi connectivity index (χ1v) is 16.2. The van der Waals surface area contributed by atoms with Gasteiger partial charge in [-0.15, -0.1) is 0 Å². The van der Waals surface area contributed by atoms with Crippen molar-refractivity contribution in [2.45, 2.75) is 44.2 Å². The minimum Gasteiger partial charge on any atom is -0.618 e. The molecule has 0 spiro atoms. The number of nitro benzene ring substituents is 1. The number of nitro groups is 1. The third-order valence-corrected chi connectivity index (χ3v) is 9.85. The van der Waals surface area contributed by atoms with Crippen LogP contribution in [0.1, 0.15) is 54.9 Å². The number of quaternary nitrogens is 1. The number of benzene rings is 4. The maximum absolute atomic E-state index is 11.7. The molecule has 46 heavy (non-hydrogen) atoms. The Labute approximate surface area is 269 Å². The lowest BCUT2D eigenvalue weighted by Crippen LogP contribution is -2.71. The molecule has 2 aliphatic heterocycles. The minimum absolute atomic E-state index is 0.0220.